The normalized spacial score (nSPS) is 15.3. The summed E-state index contributed by atoms with van der Waals surface area (Å²) in [6, 6.07) is 22.8. The van der Waals surface area contributed by atoms with Crippen LogP contribution in [0.1, 0.15) is 11.1 Å². The molecule has 4 nitrogen and oxygen atoms in total. The fraction of sp³-hybridized carbons (Fsp3) is 0.333. The highest BCUT2D eigenvalue weighted by molar-refractivity contribution is 7.84. The monoisotopic (exact) mass is 467 g/mol. The Labute approximate surface area is 197 Å². The van der Waals surface area contributed by atoms with Gasteiger partial charge in [0.1, 0.15) is 18.2 Å². The molecule has 174 valence electrons. The molecule has 6 heteroatoms. The third-order valence-corrected chi connectivity index (χ3v) is 7.07. The number of ether oxygens (including phenoxy) is 2. The van der Waals surface area contributed by atoms with Crippen molar-refractivity contribution in [3.8, 4) is 16.9 Å². The van der Waals surface area contributed by atoms with Gasteiger partial charge in [-0.2, -0.15) is 0 Å². The lowest BCUT2D eigenvalue weighted by Gasteiger charge is -2.26. The Hall–Kier alpha value is -2.54. The van der Waals surface area contributed by atoms with E-state index in [9.17, 15) is 8.60 Å². The number of nitrogens with zero attached hydrogens (tertiary/aromatic N) is 1. The number of aryl methyl sites for hydroxylation is 1. The van der Waals surface area contributed by atoms with E-state index >= 15 is 0 Å². The highest BCUT2D eigenvalue weighted by Crippen LogP contribution is 2.23. The molecule has 0 radical (unpaired) electrons. The Balaban J connectivity index is 1.23. The summed E-state index contributed by atoms with van der Waals surface area (Å²) in [7, 11) is -0.987. The number of benzene rings is 3. The number of halogens is 1. The van der Waals surface area contributed by atoms with Crippen molar-refractivity contribution in [3.63, 3.8) is 0 Å². The van der Waals surface area contributed by atoms with E-state index in [0.717, 1.165) is 60.9 Å². The van der Waals surface area contributed by atoms with E-state index in [4.69, 9.17) is 9.47 Å². The van der Waals surface area contributed by atoms with E-state index in [0.29, 0.717) is 24.5 Å². The van der Waals surface area contributed by atoms with Crippen LogP contribution in [-0.2, 0) is 27.7 Å². The van der Waals surface area contributed by atoms with Crippen LogP contribution >= 0.6 is 0 Å². The van der Waals surface area contributed by atoms with Gasteiger partial charge in [0.2, 0.25) is 0 Å². The maximum Gasteiger partial charge on any atom is 0.123 e. The first-order chi connectivity index (χ1) is 16.2. The molecule has 1 aliphatic heterocycles. The second-order valence-corrected chi connectivity index (χ2v) is 9.77. The summed E-state index contributed by atoms with van der Waals surface area (Å²) >= 11 is 0. The lowest BCUT2D eigenvalue weighted by Crippen LogP contribution is -2.38. The van der Waals surface area contributed by atoms with E-state index in [1.54, 1.807) is 6.07 Å². The topological polar surface area (TPSA) is 38.8 Å². The Kier molecular flexibility index (Phi) is 8.64. The number of rotatable bonds is 10. The Morgan fingerprint density at radius 2 is 1.61 bits per heavy atom. The van der Waals surface area contributed by atoms with Gasteiger partial charge in [-0.05, 0) is 52.9 Å². The van der Waals surface area contributed by atoms with Crippen molar-refractivity contribution in [2.24, 2.45) is 0 Å². The van der Waals surface area contributed by atoms with Crippen LogP contribution in [0.25, 0.3) is 11.1 Å². The minimum absolute atomic E-state index is 0.249. The molecule has 0 saturated carbocycles. The second-order valence-electron chi connectivity index (χ2n) is 8.19. The van der Waals surface area contributed by atoms with Crippen molar-refractivity contribution in [1.29, 1.82) is 0 Å². The molecular formula is C27H30FNO3S. The summed E-state index contributed by atoms with van der Waals surface area (Å²) in [6.45, 7) is 5.13. The highest BCUT2D eigenvalue weighted by Gasteiger charge is 2.10. The van der Waals surface area contributed by atoms with Gasteiger partial charge in [0, 0.05) is 41.9 Å². The molecule has 33 heavy (non-hydrogen) atoms. The molecular weight excluding hydrogens is 437 g/mol. The van der Waals surface area contributed by atoms with Crippen LogP contribution in [0.2, 0.25) is 0 Å². The molecule has 1 fully saturated rings. The first-order valence-corrected chi connectivity index (χ1v) is 12.9. The first-order valence-electron chi connectivity index (χ1n) is 11.4. The molecule has 3 aromatic carbocycles. The molecule has 0 N–H and O–H groups in total. The SMILES string of the molecule is O=S(CCc1cccc(F)c1)Cc1ccc(-c2ccc(OCCN3CCOCC3)cc2)cc1. The van der Waals surface area contributed by atoms with Crippen molar-refractivity contribution in [1.82, 2.24) is 4.90 Å². The molecule has 0 spiro atoms. The van der Waals surface area contributed by atoms with E-state index in [-0.39, 0.29) is 5.82 Å². The van der Waals surface area contributed by atoms with E-state index in [1.807, 2.05) is 30.3 Å². The van der Waals surface area contributed by atoms with Crippen molar-refractivity contribution in [3.05, 3.63) is 89.7 Å². The maximum absolute atomic E-state index is 13.3. The van der Waals surface area contributed by atoms with E-state index in [1.165, 1.54) is 12.1 Å². The summed E-state index contributed by atoms with van der Waals surface area (Å²) < 4.78 is 37.0. The summed E-state index contributed by atoms with van der Waals surface area (Å²) in [5.74, 6) is 1.66. The van der Waals surface area contributed by atoms with E-state index in [2.05, 4.69) is 29.2 Å². The van der Waals surface area contributed by atoms with Gasteiger partial charge in [-0.1, -0.05) is 48.5 Å². The van der Waals surface area contributed by atoms with Gasteiger partial charge < -0.3 is 9.47 Å². The molecule has 0 aliphatic carbocycles. The fourth-order valence-electron chi connectivity index (χ4n) is 3.84. The molecule has 1 unspecified atom stereocenters. The van der Waals surface area contributed by atoms with Crippen LogP contribution in [0.4, 0.5) is 4.39 Å². The Morgan fingerprint density at radius 1 is 0.909 bits per heavy atom. The van der Waals surface area contributed by atoms with Gasteiger partial charge in [-0.3, -0.25) is 9.11 Å². The average Bonchev–Trinajstić information content (AvgIpc) is 2.85. The Morgan fingerprint density at radius 3 is 2.30 bits per heavy atom. The van der Waals surface area contributed by atoms with Crippen LogP contribution in [0.5, 0.6) is 5.75 Å². The number of hydrogen-bond acceptors (Lipinski definition) is 4. The van der Waals surface area contributed by atoms with Gasteiger partial charge in [-0.15, -0.1) is 0 Å². The van der Waals surface area contributed by atoms with E-state index < -0.39 is 10.8 Å². The van der Waals surface area contributed by atoms with Crippen molar-refractivity contribution in [2.75, 3.05) is 45.2 Å². The molecule has 0 bridgehead atoms. The van der Waals surface area contributed by atoms with Crippen molar-refractivity contribution < 1.29 is 18.1 Å². The number of hydrogen-bond donors (Lipinski definition) is 0. The third kappa shape index (κ3) is 7.49. The second kappa shape index (κ2) is 12.1. The zero-order valence-corrected chi connectivity index (χ0v) is 19.6. The lowest BCUT2D eigenvalue weighted by atomic mass is 10.0. The van der Waals surface area contributed by atoms with Crippen LogP contribution in [0.15, 0.2) is 72.8 Å². The van der Waals surface area contributed by atoms with Crippen LogP contribution in [-0.4, -0.2) is 54.3 Å². The predicted octanol–water partition coefficient (Wildman–Crippen LogP) is 4.70. The fourth-order valence-corrected chi connectivity index (χ4v) is 5.01. The molecule has 1 saturated heterocycles. The van der Waals surface area contributed by atoms with Crippen LogP contribution in [0.3, 0.4) is 0 Å². The molecule has 1 heterocycles. The Bertz CT molecular complexity index is 1030. The predicted molar refractivity (Wildman–Crippen MR) is 131 cm³/mol. The van der Waals surface area contributed by atoms with Gasteiger partial charge in [-0.25, -0.2) is 4.39 Å². The van der Waals surface area contributed by atoms with Crippen LogP contribution < -0.4 is 4.74 Å². The third-order valence-electron chi connectivity index (χ3n) is 5.76. The van der Waals surface area contributed by atoms with Crippen molar-refractivity contribution in [2.45, 2.75) is 12.2 Å². The quantitative estimate of drug-likeness (QED) is 0.434. The molecule has 0 amide bonds. The van der Waals surface area contributed by atoms with Gasteiger partial charge >= 0.3 is 0 Å². The van der Waals surface area contributed by atoms with Crippen molar-refractivity contribution >= 4 is 10.8 Å². The molecule has 0 aromatic heterocycles. The summed E-state index contributed by atoms with van der Waals surface area (Å²) in [6.07, 6.45) is 0.614. The minimum Gasteiger partial charge on any atom is -0.492 e. The zero-order valence-electron chi connectivity index (χ0n) is 18.8. The van der Waals surface area contributed by atoms with Gasteiger partial charge in [0.15, 0.2) is 0 Å². The molecule has 4 rings (SSSR count). The lowest BCUT2D eigenvalue weighted by molar-refractivity contribution is 0.0322. The minimum atomic E-state index is -0.987. The summed E-state index contributed by atoms with van der Waals surface area (Å²) in [5, 5.41) is 0. The number of morpholine rings is 1. The van der Waals surface area contributed by atoms with Crippen LogP contribution in [0, 0.1) is 5.82 Å². The highest BCUT2D eigenvalue weighted by atomic mass is 32.2. The smallest absolute Gasteiger partial charge is 0.123 e. The average molecular weight is 468 g/mol. The van der Waals surface area contributed by atoms with Gasteiger partial charge in [0.05, 0.1) is 13.2 Å². The standard InChI is InChI=1S/C27H30FNO3S/c28-26-3-1-2-22(20-26)12-19-33(30)21-23-4-6-24(7-5-23)25-8-10-27(11-9-25)32-18-15-29-13-16-31-17-14-29/h1-11,20H,12-19,21H2. The maximum atomic E-state index is 13.3. The van der Waals surface area contributed by atoms with Gasteiger partial charge in [0.25, 0.3) is 0 Å². The summed E-state index contributed by atoms with van der Waals surface area (Å²) in [4.78, 5) is 2.36. The first kappa shape index (κ1) is 23.6. The molecule has 1 aliphatic rings. The largest absolute Gasteiger partial charge is 0.492 e. The molecule has 3 aromatic rings. The summed E-state index contributed by atoms with van der Waals surface area (Å²) in [5.41, 5.74) is 4.16. The zero-order chi connectivity index (χ0) is 22.9. The molecule has 1 atom stereocenters.